The van der Waals surface area contributed by atoms with Crippen LogP contribution in [0.2, 0.25) is 0 Å². The third-order valence-electron chi connectivity index (χ3n) is 2.75. The molecule has 0 saturated carbocycles. The summed E-state index contributed by atoms with van der Waals surface area (Å²) in [6.07, 6.45) is -7.74. The van der Waals surface area contributed by atoms with Crippen LogP contribution in [0.25, 0.3) is 0 Å². The molecule has 0 spiro atoms. The van der Waals surface area contributed by atoms with Crippen LogP contribution in [0, 0.1) is 0 Å². The first-order valence-electron chi connectivity index (χ1n) is 5.43. The number of rotatable bonds is 7. The maximum Gasteiger partial charge on any atom is 0.460 e. The van der Waals surface area contributed by atoms with E-state index in [1.807, 2.05) is 0 Å². The van der Waals surface area contributed by atoms with Gasteiger partial charge < -0.3 is 0 Å². The summed E-state index contributed by atoms with van der Waals surface area (Å²) in [5.41, 5.74) is 0. The van der Waals surface area contributed by atoms with Crippen molar-refractivity contribution in [2.24, 2.45) is 0 Å². The number of alkyl halides is 15. The van der Waals surface area contributed by atoms with Crippen LogP contribution in [0.15, 0.2) is 0 Å². The van der Waals surface area contributed by atoms with E-state index in [1.165, 1.54) is 0 Å². The molecule has 0 aliphatic heterocycles. The standard InChI is InChI=1S/C9F16O2/c10-2(27)3(11,12)1(26)4(13,14)5(15,16)6(17,18)7(19,20)8(21,22)9(23,24)25. The van der Waals surface area contributed by atoms with Crippen molar-refractivity contribution in [3.8, 4) is 0 Å². The minimum atomic E-state index is -8.52. The fourth-order valence-electron chi connectivity index (χ4n) is 1.20. The second-order valence-corrected chi connectivity index (χ2v) is 4.55. The Labute approximate surface area is 135 Å². The van der Waals surface area contributed by atoms with Gasteiger partial charge in [-0.2, -0.15) is 70.2 Å². The fraction of sp³-hybridized carbons (Fsp3) is 0.778. The van der Waals surface area contributed by atoms with E-state index in [1.54, 1.807) is 0 Å². The summed E-state index contributed by atoms with van der Waals surface area (Å²) in [4.78, 5) is 20.0. The van der Waals surface area contributed by atoms with Gasteiger partial charge in [0.25, 0.3) is 5.78 Å². The maximum atomic E-state index is 13.0. The van der Waals surface area contributed by atoms with Crippen molar-refractivity contribution in [1.29, 1.82) is 0 Å². The number of carbonyl (C=O) groups excluding carboxylic acids is 2. The minimum absolute atomic E-state index is 4.47. The van der Waals surface area contributed by atoms with E-state index in [0.717, 1.165) is 0 Å². The van der Waals surface area contributed by atoms with Gasteiger partial charge in [-0.1, -0.05) is 0 Å². The summed E-state index contributed by atoms with van der Waals surface area (Å²) in [6.45, 7) is 0. The molecular weight excluding hydrogens is 444 g/mol. The molecule has 0 aromatic carbocycles. The first-order valence-corrected chi connectivity index (χ1v) is 5.43. The van der Waals surface area contributed by atoms with Crippen LogP contribution in [0.3, 0.4) is 0 Å². The molecular formula is C9F16O2. The second kappa shape index (κ2) is 6.11. The van der Waals surface area contributed by atoms with Crippen molar-refractivity contribution in [1.82, 2.24) is 0 Å². The summed E-state index contributed by atoms with van der Waals surface area (Å²) < 4.78 is 200. The summed E-state index contributed by atoms with van der Waals surface area (Å²) in [5.74, 6) is -53.3. The van der Waals surface area contributed by atoms with Crippen LogP contribution in [0.4, 0.5) is 70.2 Å². The van der Waals surface area contributed by atoms with Gasteiger partial charge in [-0.05, 0) is 0 Å². The van der Waals surface area contributed by atoms with Gasteiger partial charge in [0.2, 0.25) is 0 Å². The molecule has 0 aromatic heterocycles. The summed E-state index contributed by atoms with van der Waals surface area (Å²) in [6, 6.07) is -4.47. The molecule has 0 saturated heterocycles. The normalized spacial score (nSPS) is 15.7. The van der Waals surface area contributed by atoms with E-state index in [4.69, 9.17) is 0 Å². The Morgan fingerprint density at radius 3 is 1.04 bits per heavy atom. The Bertz CT molecular complexity index is 614. The number of Topliss-reactive ketones (excluding diaryl/α,β-unsaturated/α-hetero) is 1. The average Bonchev–Trinajstić information content (AvgIpc) is 2.43. The molecule has 0 fully saturated rings. The van der Waals surface area contributed by atoms with E-state index < -0.39 is 53.5 Å². The Balaban J connectivity index is 6.56. The Kier molecular flexibility index (Phi) is 5.71. The zero-order valence-electron chi connectivity index (χ0n) is 11.4. The molecule has 0 amide bonds. The first-order chi connectivity index (χ1) is 11.3. The van der Waals surface area contributed by atoms with Crippen LogP contribution in [0.1, 0.15) is 0 Å². The molecule has 0 aliphatic carbocycles. The highest BCUT2D eigenvalue weighted by Crippen LogP contribution is 2.60. The van der Waals surface area contributed by atoms with Crippen LogP contribution < -0.4 is 0 Å². The van der Waals surface area contributed by atoms with E-state index >= 15 is 0 Å². The molecule has 0 aliphatic rings. The Morgan fingerprint density at radius 1 is 0.481 bits per heavy atom. The Hall–Kier alpha value is -1.78. The van der Waals surface area contributed by atoms with Crippen LogP contribution in [-0.4, -0.2) is 53.5 Å². The second-order valence-electron chi connectivity index (χ2n) is 4.55. The molecule has 27 heavy (non-hydrogen) atoms. The number of halogens is 16. The summed E-state index contributed by atoms with van der Waals surface area (Å²) in [7, 11) is 0. The number of hydrogen-bond acceptors (Lipinski definition) is 2. The van der Waals surface area contributed by atoms with Gasteiger partial charge in [0.1, 0.15) is 0 Å². The van der Waals surface area contributed by atoms with Crippen molar-refractivity contribution in [3.05, 3.63) is 0 Å². The zero-order valence-corrected chi connectivity index (χ0v) is 11.4. The van der Waals surface area contributed by atoms with Gasteiger partial charge >= 0.3 is 47.7 Å². The molecule has 160 valence electrons. The van der Waals surface area contributed by atoms with E-state index in [2.05, 4.69) is 0 Å². The quantitative estimate of drug-likeness (QED) is 0.331. The van der Waals surface area contributed by atoms with Crippen LogP contribution >= 0.6 is 0 Å². The van der Waals surface area contributed by atoms with Gasteiger partial charge in [-0.25, -0.2) is 0 Å². The minimum Gasteiger partial charge on any atom is -0.285 e. The molecule has 2 nitrogen and oxygen atoms in total. The average molecular weight is 444 g/mol. The monoisotopic (exact) mass is 444 g/mol. The predicted octanol–water partition coefficient (Wildman–Crippen LogP) is 4.43. The van der Waals surface area contributed by atoms with Gasteiger partial charge in [0, 0.05) is 0 Å². The molecule has 0 N–H and O–H groups in total. The van der Waals surface area contributed by atoms with Gasteiger partial charge in [0.15, 0.2) is 0 Å². The lowest BCUT2D eigenvalue weighted by Crippen LogP contribution is -2.72. The molecule has 0 unspecified atom stereocenters. The highest BCUT2D eigenvalue weighted by atomic mass is 19.4. The van der Waals surface area contributed by atoms with E-state index in [9.17, 15) is 79.8 Å². The lowest BCUT2D eigenvalue weighted by atomic mass is 9.90. The molecule has 0 bridgehead atoms. The highest BCUT2D eigenvalue weighted by molar-refractivity contribution is 6.08. The number of hydrogen-bond donors (Lipinski definition) is 0. The maximum absolute atomic E-state index is 13.0. The lowest BCUT2D eigenvalue weighted by Gasteiger charge is -2.39. The third-order valence-corrected chi connectivity index (χ3v) is 2.75. The Morgan fingerprint density at radius 2 is 0.778 bits per heavy atom. The third kappa shape index (κ3) is 3.19. The van der Waals surface area contributed by atoms with Crippen molar-refractivity contribution < 1.29 is 79.8 Å². The molecule has 0 rings (SSSR count). The van der Waals surface area contributed by atoms with Gasteiger partial charge in [0.05, 0.1) is 0 Å². The van der Waals surface area contributed by atoms with Crippen molar-refractivity contribution >= 4 is 11.8 Å². The first kappa shape index (κ1) is 25.2. The number of ketones is 1. The van der Waals surface area contributed by atoms with E-state index in [-0.39, 0.29) is 0 Å². The van der Waals surface area contributed by atoms with Gasteiger partial charge in [-0.3, -0.25) is 9.59 Å². The SMILES string of the molecule is O=C(F)C(F)(F)C(=O)C(F)(F)C(F)(F)C(F)(F)C(F)(F)C(F)(F)C(F)(F)F. The van der Waals surface area contributed by atoms with Gasteiger partial charge in [-0.15, -0.1) is 0 Å². The van der Waals surface area contributed by atoms with Crippen LogP contribution in [-0.2, 0) is 9.59 Å². The molecule has 0 radical (unpaired) electrons. The molecule has 0 aromatic rings. The van der Waals surface area contributed by atoms with Crippen molar-refractivity contribution in [2.75, 3.05) is 0 Å². The van der Waals surface area contributed by atoms with E-state index in [0.29, 0.717) is 0 Å². The topological polar surface area (TPSA) is 34.1 Å². The zero-order chi connectivity index (χ0) is 22.7. The summed E-state index contributed by atoms with van der Waals surface area (Å²) in [5, 5.41) is 0. The molecule has 0 heterocycles. The highest BCUT2D eigenvalue weighted by Gasteiger charge is 2.92. The number of carbonyl (C=O) groups is 2. The molecule has 0 atom stereocenters. The molecule has 18 heteroatoms. The predicted molar refractivity (Wildman–Crippen MR) is 46.9 cm³/mol. The smallest absolute Gasteiger partial charge is 0.285 e. The van der Waals surface area contributed by atoms with Crippen molar-refractivity contribution in [3.63, 3.8) is 0 Å². The lowest BCUT2D eigenvalue weighted by molar-refractivity contribution is -0.436. The van der Waals surface area contributed by atoms with Crippen molar-refractivity contribution in [2.45, 2.75) is 41.7 Å². The summed E-state index contributed by atoms with van der Waals surface area (Å²) >= 11 is 0. The van der Waals surface area contributed by atoms with Crippen LogP contribution in [0.5, 0.6) is 0 Å². The largest absolute Gasteiger partial charge is 0.460 e. The fourth-order valence-corrected chi connectivity index (χ4v) is 1.20.